The molecular formula is C12H16N2O5S2. The van der Waals surface area contributed by atoms with E-state index in [1.54, 1.807) is 11.4 Å². The van der Waals surface area contributed by atoms with Gasteiger partial charge in [-0.05, 0) is 12.1 Å². The van der Waals surface area contributed by atoms with Gasteiger partial charge >= 0.3 is 5.97 Å². The molecule has 0 aliphatic rings. The number of carbonyl (C=O) groups is 2. The molecule has 0 atom stereocenters. The van der Waals surface area contributed by atoms with Crippen LogP contribution in [-0.4, -0.2) is 56.1 Å². The number of nitrogens with one attached hydrogen (secondary N) is 1. The highest BCUT2D eigenvalue weighted by molar-refractivity contribution is 7.89. The van der Waals surface area contributed by atoms with Crippen LogP contribution in [0.1, 0.15) is 15.2 Å². The Balaban J connectivity index is 2.55. The first-order valence-corrected chi connectivity index (χ1v) is 8.39. The topological polar surface area (TPSA) is 104 Å². The van der Waals surface area contributed by atoms with Crippen molar-refractivity contribution < 1.29 is 23.1 Å². The lowest BCUT2D eigenvalue weighted by Gasteiger charge is -2.11. The summed E-state index contributed by atoms with van der Waals surface area (Å²) in [5, 5.41) is 12.6. The van der Waals surface area contributed by atoms with Gasteiger partial charge in [0.25, 0.3) is 5.91 Å². The maximum absolute atomic E-state index is 11.8. The Morgan fingerprint density at radius 3 is 2.67 bits per heavy atom. The van der Waals surface area contributed by atoms with E-state index >= 15 is 0 Å². The number of rotatable bonds is 7. The quantitative estimate of drug-likeness (QED) is 0.706. The van der Waals surface area contributed by atoms with Crippen molar-refractivity contribution in [3.8, 4) is 0 Å². The van der Waals surface area contributed by atoms with Gasteiger partial charge in [-0.25, -0.2) is 17.5 Å². The molecule has 1 heterocycles. The number of sulfonamides is 1. The molecule has 0 radical (unpaired) electrons. The van der Waals surface area contributed by atoms with Crippen LogP contribution in [0, 0.1) is 0 Å². The molecule has 0 aromatic carbocycles. The van der Waals surface area contributed by atoms with E-state index in [0.717, 1.165) is 10.4 Å². The molecule has 0 saturated heterocycles. The molecule has 7 nitrogen and oxygen atoms in total. The van der Waals surface area contributed by atoms with Crippen molar-refractivity contribution in [1.82, 2.24) is 9.62 Å². The van der Waals surface area contributed by atoms with Gasteiger partial charge in [-0.2, -0.15) is 0 Å². The van der Waals surface area contributed by atoms with Crippen molar-refractivity contribution in [3.05, 3.63) is 28.0 Å². The van der Waals surface area contributed by atoms with E-state index in [2.05, 4.69) is 5.32 Å². The predicted molar refractivity (Wildman–Crippen MR) is 80.8 cm³/mol. The lowest BCUT2D eigenvalue weighted by Crippen LogP contribution is -2.33. The van der Waals surface area contributed by atoms with E-state index in [0.29, 0.717) is 10.4 Å². The van der Waals surface area contributed by atoms with Crippen molar-refractivity contribution in [2.24, 2.45) is 0 Å². The van der Waals surface area contributed by atoms with Crippen LogP contribution in [0.5, 0.6) is 0 Å². The normalized spacial score (nSPS) is 12.0. The first-order chi connectivity index (χ1) is 9.72. The highest BCUT2D eigenvalue weighted by atomic mass is 32.2. The van der Waals surface area contributed by atoms with E-state index in [-0.39, 0.29) is 12.3 Å². The smallest absolute Gasteiger partial charge is 0.328 e. The Hall–Kier alpha value is -1.71. The summed E-state index contributed by atoms with van der Waals surface area (Å²) in [5.41, 5.74) is 0.368. The summed E-state index contributed by atoms with van der Waals surface area (Å²) in [6, 6.07) is 1.54. The summed E-state index contributed by atoms with van der Waals surface area (Å²) in [6.45, 7) is 0.00942. The Bertz CT molecular complexity index is 646. The molecule has 116 valence electrons. The lowest BCUT2D eigenvalue weighted by molar-refractivity contribution is -0.131. The standard InChI is InChI=1S/C12H16N2O5S2/c1-14(2)21(18,19)6-5-13-12(17)9-7-10(20-8-9)3-4-11(15)16/h3-4,7-8H,5-6H2,1-2H3,(H,13,17)(H,15,16)/b4-3+. The fraction of sp³-hybridized carbons (Fsp3) is 0.333. The van der Waals surface area contributed by atoms with Gasteiger partial charge in [0.05, 0.1) is 11.3 Å². The van der Waals surface area contributed by atoms with Crippen LogP contribution in [-0.2, 0) is 14.8 Å². The first kappa shape index (κ1) is 17.3. The first-order valence-electron chi connectivity index (χ1n) is 5.90. The molecule has 1 rings (SSSR count). The van der Waals surface area contributed by atoms with Gasteiger partial charge in [-0.3, -0.25) is 4.79 Å². The molecule has 1 amide bonds. The molecule has 9 heteroatoms. The predicted octanol–water partition coefficient (Wildman–Crippen LogP) is 0.467. The number of nitrogens with zero attached hydrogens (tertiary/aromatic N) is 1. The van der Waals surface area contributed by atoms with E-state index in [4.69, 9.17) is 5.11 Å². The van der Waals surface area contributed by atoms with Crippen LogP contribution in [0.4, 0.5) is 0 Å². The average molecular weight is 332 g/mol. The number of hydrogen-bond donors (Lipinski definition) is 2. The Morgan fingerprint density at radius 1 is 1.43 bits per heavy atom. The number of thiophene rings is 1. The zero-order valence-electron chi connectivity index (χ0n) is 11.6. The molecule has 0 unspecified atom stereocenters. The molecule has 0 aliphatic heterocycles. The third-order valence-corrected chi connectivity index (χ3v) is 5.20. The molecule has 0 aliphatic carbocycles. The maximum Gasteiger partial charge on any atom is 0.328 e. The van der Waals surface area contributed by atoms with Crippen LogP contribution < -0.4 is 5.32 Å². The highest BCUT2D eigenvalue weighted by Gasteiger charge is 2.14. The van der Waals surface area contributed by atoms with Crippen molar-refractivity contribution in [2.45, 2.75) is 0 Å². The van der Waals surface area contributed by atoms with Crippen LogP contribution in [0.25, 0.3) is 6.08 Å². The SMILES string of the molecule is CN(C)S(=O)(=O)CCNC(=O)c1csc(/C=C/C(=O)O)c1. The number of amides is 1. The van der Waals surface area contributed by atoms with E-state index < -0.39 is 21.9 Å². The van der Waals surface area contributed by atoms with E-state index in [1.165, 1.54) is 31.5 Å². The van der Waals surface area contributed by atoms with Gasteiger partial charge in [0.1, 0.15) is 0 Å². The molecule has 0 spiro atoms. The summed E-state index contributed by atoms with van der Waals surface area (Å²) >= 11 is 1.23. The lowest BCUT2D eigenvalue weighted by atomic mass is 10.3. The highest BCUT2D eigenvalue weighted by Crippen LogP contribution is 2.16. The molecule has 1 aromatic rings. The maximum atomic E-state index is 11.8. The molecule has 2 N–H and O–H groups in total. The molecular weight excluding hydrogens is 316 g/mol. The second kappa shape index (κ2) is 7.34. The molecule has 0 bridgehead atoms. The second-order valence-electron chi connectivity index (χ2n) is 4.26. The second-order valence-corrected chi connectivity index (χ2v) is 7.51. The number of carboxylic acids is 1. The Morgan fingerprint density at radius 2 is 2.10 bits per heavy atom. The van der Waals surface area contributed by atoms with Gasteiger partial charge in [-0.1, -0.05) is 0 Å². The minimum Gasteiger partial charge on any atom is -0.478 e. The number of hydrogen-bond acceptors (Lipinski definition) is 5. The van der Waals surface area contributed by atoms with Crippen LogP contribution >= 0.6 is 11.3 Å². The molecule has 1 aromatic heterocycles. The Labute approximate surface area is 126 Å². The van der Waals surface area contributed by atoms with Crippen molar-refractivity contribution in [2.75, 3.05) is 26.4 Å². The molecule has 0 fully saturated rings. The minimum absolute atomic E-state index is 0.00942. The number of carbonyl (C=O) groups excluding carboxylic acids is 1. The van der Waals surface area contributed by atoms with Gasteiger partial charge < -0.3 is 10.4 Å². The third-order valence-electron chi connectivity index (χ3n) is 2.47. The van der Waals surface area contributed by atoms with Crippen molar-refractivity contribution >= 4 is 39.3 Å². The van der Waals surface area contributed by atoms with E-state index in [9.17, 15) is 18.0 Å². The molecule has 0 saturated carbocycles. The fourth-order valence-electron chi connectivity index (χ4n) is 1.29. The minimum atomic E-state index is -3.34. The summed E-state index contributed by atoms with van der Waals surface area (Å²) in [4.78, 5) is 22.8. The summed E-state index contributed by atoms with van der Waals surface area (Å²) in [7, 11) is -0.489. The molecule has 21 heavy (non-hydrogen) atoms. The van der Waals surface area contributed by atoms with Crippen LogP contribution in [0.15, 0.2) is 17.5 Å². The third kappa shape index (κ3) is 5.66. The van der Waals surface area contributed by atoms with Gasteiger partial charge in [-0.15, -0.1) is 11.3 Å². The average Bonchev–Trinajstić information content (AvgIpc) is 2.84. The number of aliphatic carboxylic acids is 1. The van der Waals surface area contributed by atoms with Crippen molar-refractivity contribution in [1.29, 1.82) is 0 Å². The Kier molecular flexibility index (Phi) is 6.06. The van der Waals surface area contributed by atoms with Crippen molar-refractivity contribution in [3.63, 3.8) is 0 Å². The zero-order chi connectivity index (χ0) is 16.0. The summed E-state index contributed by atoms with van der Waals surface area (Å²) < 4.78 is 24.1. The number of carboxylic acid groups (broad SMARTS) is 1. The monoisotopic (exact) mass is 332 g/mol. The zero-order valence-corrected chi connectivity index (χ0v) is 13.2. The fourth-order valence-corrected chi connectivity index (χ4v) is 2.80. The summed E-state index contributed by atoms with van der Waals surface area (Å²) in [5.74, 6) is -1.64. The van der Waals surface area contributed by atoms with Gasteiger partial charge in [0.2, 0.25) is 10.0 Å². The van der Waals surface area contributed by atoms with Gasteiger partial charge in [0.15, 0.2) is 0 Å². The summed E-state index contributed by atoms with van der Waals surface area (Å²) in [6.07, 6.45) is 2.37. The van der Waals surface area contributed by atoms with Crippen LogP contribution in [0.3, 0.4) is 0 Å². The largest absolute Gasteiger partial charge is 0.478 e. The van der Waals surface area contributed by atoms with Gasteiger partial charge in [0, 0.05) is 37.0 Å². The van der Waals surface area contributed by atoms with E-state index in [1.807, 2.05) is 0 Å². The van der Waals surface area contributed by atoms with Crippen LogP contribution in [0.2, 0.25) is 0 Å².